The highest BCUT2D eigenvalue weighted by molar-refractivity contribution is 8.14. The molecule has 0 aromatic carbocycles. The molecule has 18 atom stereocenters. The van der Waals surface area contributed by atoms with Gasteiger partial charge in [-0.15, -0.1) is 57.1 Å². The molecule has 10 rings (SSSR count). The van der Waals surface area contributed by atoms with E-state index in [4.69, 9.17) is 37.6 Å². The van der Waals surface area contributed by atoms with Gasteiger partial charge in [0, 0.05) is 32.8 Å². The Hall–Kier alpha value is -9.83. The first-order chi connectivity index (χ1) is 53.7. The fraction of sp³-hybridized carbons (Fsp3) is 0.444. The lowest BCUT2D eigenvalue weighted by atomic mass is 9.78. The number of hydrogen-bond donors (Lipinski definition) is 18. The lowest BCUT2D eigenvalue weighted by Crippen LogP contribution is -2.61. The Kier molecular flexibility index (Phi) is 27.3. The minimum atomic E-state index is -2.14. The number of aliphatic hydroxyl groups excluding tert-OH is 4. The number of nitrogens with zero attached hydrogens (tertiary/aromatic N) is 6. The summed E-state index contributed by atoms with van der Waals surface area (Å²) in [4.78, 5) is 184. The standard InChI is InChI=1S/C72H87N19O17S6/c1-14-26(3)47-62(104)78-30(7)57(99)75-28(5)56(98)76-31(8)58(100)91-72-19-18-40(66-85-43(22-111-66)59(101)77-29(6)55(97)74-27(4)54(73)96)81-52(72)42-21-112-67(83-42)49(34(11)108-69(106)41-20-37(32(9)92)36-16-17-39(79-47)51(95)50(36)80-41)89-64(109)46-25-113-68(86-46)53(71(13,107)35(12)94)90-61(103)44-23-110-65(84-44)38(15-2)82-63(105)48(33(10)93)88-60(102)45-24-114-70(72)87-45/h15-17,20-22,24-26,30-35,39-40,44,47-49,51-53,79,81,92-95,107H,4-6,14,18-19,23H2,1-3,7-13H3,(H2,73,96)(H,74,97)(H,75,99)(H,76,98)(H,77,101)(H,78,104)(H,82,105)(H,88,102)(H,89,109)(H,90,103)(H,91,100)/b38-15-/t26-,30+,31+,32-,33+,34+,35+,39+,40?,44+,47-,48-,49-,51-,52+,53+,71+,72+/m0/s1. The molecule has 13 bridgehead atoms. The Labute approximate surface area is 678 Å². The van der Waals surface area contributed by atoms with Gasteiger partial charge in [0.2, 0.25) is 29.5 Å². The van der Waals surface area contributed by atoms with Gasteiger partial charge >= 0.3 is 5.97 Å². The molecular formula is C72H87N19O17S6. The molecule has 0 radical (unpaired) electrons. The van der Waals surface area contributed by atoms with Crippen molar-refractivity contribution in [3.8, 4) is 0 Å². The quantitative estimate of drug-likeness (QED) is 0.0473. The number of thiazole rings is 4. The van der Waals surface area contributed by atoms with Crippen molar-refractivity contribution in [3.63, 3.8) is 0 Å². The molecule has 0 saturated carbocycles. The van der Waals surface area contributed by atoms with Crippen LogP contribution in [0.5, 0.6) is 0 Å². The zero-order valence-corrected chi connectivity index (χ0v) is 68.1. The number of primary amides is 1. The number of aliphatic hydroxyl groups is 5. The Morgan fingerprint density at radius 1 is 0.781 bits per heavy atom. The maximum absolute atomic E-state index is 15.4. The second kappa shape index (κ2) is 35.9. The summed E-state index contributed by atoms with van der Waals surface area (Å²) < 4.78 is 6.37. The predicted molar refractivity (Wildman–Crippen MR) is 425 cm³/mol. The number of fused-ring (bicyclic) bond motifs is 7. The van der Waals surface area contributed by atoms with Crippen molar-refractivity contribution in [1.29, 1.82) is 0 Å². The fourth-order valence-electron chi connectivity index (χ4n) is 12.6. The van der Waals surface area contributed by atoms with Crippen LogP contribution in [0.1, 0.15) is 205 Å². The van der Waals surface area contributed by atoms with Crippen LogP contribution in [0.3, 0.4) is 0 Å². The number of nitrogens with one attached hydrogen (secondary N) is 12. The molecule has 5 aromatic heterocycles. The smallest absolute Gasteiger partial charge is 0.357 e. The van der Waals surface area contributed by atoms with E-state index in [1.54, 1.807) is 31.4 Å². The Balaban J connectivity index is 1.16. The van der Waals surface area contributed by atoms with Crippen LogP contribution in [0, 0.1) is 5.92 Å². The molecule has 36 nitrogen and oxygen atoms in total. The lowest BCUT2D eigenvalue weighted by molar-refractivity contribution is -0.131. The normalized spacial score (nSPS) is 27.6. The van der Waals surface area contributed by atoms with Crippen molar-refractivity contribution < 1.29 is 83.0 Å². The molecule has 5 aromatic rings. The molecule has 4 aliphatic heterocycles. The minimum absolute atomic E-state index is 0.0120. The number of amides is 10. The summed E-state index contributed by atoms with van der Waals surface area (Å²) in [7, 11) is 0. The van der Waals surface area contributed by atoms with Gasteiger partial charge in [0.1, 0.15) is 112 Å². The second-order valence-electron chi connectivity index (χ2n) is 28.0. The third kappa shape index (κ3) is 18.9. The number of allylic oxidation sites excluding steroid dienone is 1. The number of thiocarbonyl (C=S) groups is 1. The molecule has 5 aliphatic rings. The number of piperidine rings is 1. The summed E-state index contributed by atoms with van der Waals surface area (Å²) in [6.07, 6.45) is -2.53. The Morgan fingerprint density at radius 2 is 1.47 bits per heavy atom. The van der Waals surface area contributed by atoms with Crippen molar-refractivity contribution in [2.75, 3.05) is 5.75 Å². The van der Waals surface area contributed by atoms with Gasteiger partial charge in [0.25, 0.3) is 29.5 Å². The van der Waals surface area contributed by atoms with Crippen molar-refractivity contribution in [2.45, 2.75) is 191 Å². The van der Waals surface area contributed by atoms with E-state index in [1.807, 2.05) is 6.92 Å². The number of ether oxygens (including phenoxy) is 1. The summed E-state index contributed by atoms with van der Waals surface area (Å²) >= 11 is 11.0. The zero-order valence-electron chi connectivity index (χ0n) is 63.2. The van der Waals surface area contributed by atoms with E-state index in [0.29, 0.717) is 6.42 Å². The largest absolute Gasteiger partial charge is 0.455 e. The molecule has 1 saturated heterocycles. The monoisotopic (exact) mass is 1680 g/mol. The molecule has 114 heavy (non-hydrogen) atoms. The number of cyclic esters (lactones) is 1. The van der Waals surface area contributed by atoms with E-state index >= 15 is 9.59 Å². The van der Waals surface area contributed by atoms with Crippen LogP contribution < -0.4 is 69.5 Å². The summed E-state index contributed by atoms with van der Waals surface area (Å²) in [6.45, 7) is 25.3. The van der Waals surface area contributed by atoms with E-state index < -0.39 is 196 Å². The molecule has 608 valence electrons. The van der Waals surface area contributed by atoms with E-state index in [-0.39, 0.29) is 94.0 Å². The number of carbonyl (C=O) groups excluding carboxylic acids is 11. The number of aromatic nitrogens is 5. The maximum atomic E-state index is 15.4. The van der Waals surface area contributed by atoms with E-state index in [1.165, 1.54) is 76.7 Å². The highest BCUT2D eigenvalue weighted by Gasteiger charge is 2.52. The average molecular weight is 1680 g/mol. The van der Waals surface area contributed by atoms with Gasteiger partial charge in [0.05, 0.1) is 76.7 Å². The van der Waals surface area contributed by atoms with E-state index in [9.17, 15) is 68.7 Å². The van der Waals surface area contributed by atoms with Gasteiger partial charge in [-0.05, 0) is 85.8 Å². The highest BCUT2D eigenvalue weighted by atomic mass is 32.2. The van der Waals surface area contributed by atoms with Gasteiger partial charge in [-0.2, -0.15) is 0 Å². The number of esters is 1. The Morgan fingerprint density at radius 3 is 2.15 bits per heavy atom. The van der Waals surface area contributed by atoms with Gasteiger partial charge in [0.15, 0.2) is 0 Å². The topological polar surface area (TPSA) is 545 Å². The summed E-state index contributed by atoms with van der Waals surface area (Å²) in [5.41, 5.74) is -0.821. The van der Waals surface area contributed by atoms with Gasteiger partial charge in [-0.1, -0.05) is 70.5 Å². The summed E-state index contributed by atoms with van der Waals surface area (Å²) in [6, 6.07) is -11.7. The van der Waals surface area contributed by atoms with Crippen molar-refractivity contribution in [3.05, 3.63) is 148 Å². The first-order valence-corrected chi connectivity index (χ1v) is 40.7. The van der Waals surface area contributed by atoms with Crippen LogP contribution >= 0.6 is 69.3 Å². The molecule has 19 N–H and O–H groups in total. The molecule has 1 fully saturated rings. The Bertz CT molecular complexity index is 4810. The third-order valence-electron chi connectivity index (χ3n) is 19.7. The lowest BCUT2D eigenvalue weighted by Gasteiger charge is -2.46. The van der Waals surface area contributed by atoms with Crippen LogP contribution in [0.4, 0.5) is 0 Å². The third-order valence-corrected chi connectivity index (χ3v) is 25.0. The maximum Gasteiger partial charge on any atom is 0.357 e. The molecule has 1 unspecified atom stereocenters. The molecule has 10 amide bonds. The van der Waals surface area contributed by atoms with Crippen molar-refractivity contribution >= 4 is 150 Å². The number of aliphatic imine (C=N–C) groups is 1. The predicted octanol–water partition coefficient (Wildman–Crippen LogP) is 1.15. The molecule has 9 heterocycles. The SMILES string of the molecule is C=C(NC(=O)C(=C)NC(=O)c1csc(C2CC[C@]34NC(=O)[C@@H](C)NC(=O)C(=C)NC(=O)[C@@H](C)NC(=O)[C@H]([C@@H](C)CC)N[C@@H]5C=Cc6c([C@H](C)O)cc(nc6[C@H]5O)C(=O)O[C@H](C)[C@H](NC(=S)c5csc(n5)[C@H]([C@](C)(O)[C@@H](C)O)NC(=O)[C@H]5CSC(=N5)/C(=C/C)NC(=O)[C@H]([C@@H](C)O)NC(=O)c5csc3n5)c3nc(cs3)[C@H]4N2)n1)C(N)=O. The van der Waals surface area contributed by atoms with Gasteiger partial charge in [-0.3, -0.25) is 63.6 Å². The summed E-state index contributed by atoms with van der Waals surface area (Å²) in [5, 5.41) is 97.7. The van der Waals surface area contributed by atoms with Crippen molar-refractivity contribution in [1.82, 2.24) is 88.7 Å². The number of rotatable bonds is 12. The van der Waals surface area contributed by atoms with Crippen LogP contribution in [-0.4, -0.2) is 191 Å². The average Bonchev–Trinajstić information content (AvgIpc) is 1.47. The highest BCUT2D eigenvalue weighted by Crippen LogP contribution is 2.49. The molecule has 1 aliphatic carbocycles. The first-order valence-electron chi connectivity index (χ1n) is 35.8. The first kappa shape index (κ1) is 86.6. The molecule has 0 spiro atoms. The van der Waals surface area contributed by atoms with E-state index in [0.717, 1.165) is 57.1 Å². The molecule has 42 heteroatoms. The number of nitrogens with two attached hydrogens (primary N) is 1. The molecular weight excluding hydrogens is 1600 g/mol. The number of thioether (sulfide) groups is 1. The van der Waals surface area contributed by atoms with Crippen LogP contribution in [-0.2, 0) is 48.6 Å². The summed E-state index contributed by atoms with van der Waals surface area (Å²) in [5.74, 6) is -10.7. The second-order valence-corrected chi connectivity index (χ2v) is 33.0. The fourth-order valence-corrected chi connectivity index (χ4v) is 17.9. The number of pyridine rings is 1. The number of hydrogen-bond acceptors (Lipinski definition) is 31. The van der Waals surface area contributed by atoms with E-state index in [2.05, 4.69) is 98.5 Å². The van der Waals surface area contributed by atoms with Gasteiger partial charge < -0.3 is 89.2 Å². The van der Waals surface area contributed by atoms with Gasteiger partial charge in [-0.25, -0.2) is 29.7 Å². The van der Waals surface area contributed by atoms with Crippen LogP contribution in [0.25, 0.3) is 6.08 Å². The van der Waals surface area contributed by atoms with Crippen molar-refractivity contribution in [2.24, 2.45) is 16.6 Å². The van der Waals surface area contributed by atoms with Crippen LogP contribution in [0.2, 0.25) is 0 Å². The minimum Gasteiger partial charge on any atom is -0.455 e. The zero-order chi connectivity index (χ0) is 83.4. The van der Waals surface area contributed by atoms with Crippen LogP contribution in [0.15, 0.2) is 87.3 Å². The number of carbonyl (C=O) groups is 11.